The molecule has 4 heteroatoms. The molecule has 0 aliphatic carbocycles. The molecule has 0 radical (unpaired) electrons. The summed E-state index contributed by atoms with van der Waals surface area (Å²) in [6.07, 6.45) is 1.54. The molecule has 17 heavy (non-hydrogen) atoms. The highest BCUT2D eigenvalue weighted by atomic mass is 16.1. The van der Waals surface area contributed by atoms with Crippen molar-refractivity contribution in [2.75, 3.05) is 19.6 Å². The van der Waals surface area contributed by atoms with Crippen LogP contribution in [0.4, 0.5) is 0 Å². The number of hydrogen-bond acceptors (Lipinski definition) is 3. The average Bonchev–Trinajstić information content (AvgIpc) is 2.21. The van der Waals surface area contributed by atoms with Crippen molar-refractivity contribution in [3.8, 4) is 0 Å². The highest BCUT2D eigenvalue weighted by Crippen LogP contribution is 1.96. The van der Waals surface area contributed by atoms with E-state index in [0.29, 0.717) is 6.42 Å². The molecule has 0 rings (SSSR count). The fraction of sp³-hybridized carbons (Fsp3) is 0.923. The van der Waals surface area contributed by atoms with E-state index in [1.807, 2.05) is 6.92 Å². The lowest BCUT2D eigenvalue weighted by Gasteiger charge is -2.20. The van der Waals surface area contributed by atoms with Gasteiger partial charge in [-0.15, -0.1) is 0 Å². The molecule has 0 aromatic rings. The van der Waals surface area contributed by atoms with Crippen molar-refractivity contribution >= 4 is 5.91 Å². The van der Waals surface area contributed by atoms with Gasteiger partial charge < -0.3 is 16.0 Å². The third kappa shape index (κ3) is 11.6. The summed E-state index contributed by atoms with van der Waals surface area (Å²) in [5.74, 6) is 0.135. The predicted molar refractivity (Wildman–Crippen MR) is 73.1 cm³/mol. The Bertz CT molecular complexity index is 211. The summed E-state index contributed by atoms with van der Waals surface area (Å²) in [4.78, 5) is 11.4. The van der Waals surface area contributed by atoms with E-state index in [2.05, 4.69) is 43.6 Å². The van der Waals surface area contributed by atoms with Gasteiger partial charge >= 0.3 is 0 Å². The highest BCUT2D eigenvalue weighted by molar-refractivity contribution is 5.76. The standard InChI is InChI=1S/C13H29N3O/c1-6-11(2)16-12(17)7-8-14-9-10-15-13(3,4)5/h11,14-15H,6-10H2,1-5H3,(H,16,17). The van der Waals surface area contributed by atoms with Crippen LogP contribution in [0.1, 0.15) is 47.5 Å². The molecule has 0 aromatic carbocycles. The number of carbonyl (C=O) groups excluding carboxylic acids is 1. The van der Waals surface area contributed by atoms with Gasteiger partial charge in [-0.2, -0.15) is 0 Å². The van der Waals surface area contributed by atoms with Crippen LogP contribution >= 0.6 is 0 Å². The molecule has 0 saturated heterocycles. The van der Waals surface area contributed by atoms with Crippen LogP contribution in [0, 0.1) is 0 Å². The molecule has 1 unspecified atom stereocenters. The van der Waals surface area contributed by atoms with Crippen molar-refractivity contribution < 1.29 is 4.79 Å². The quantitative estimate of drug-likeness (QED) is 0.563. The summed E-state index contributed by atoms with van der Waals surface area (Å²) in [7, 11) is 0. The molecule has 102 valence electrons. The van der Waals surface area contributed by atoms with E-state index >= 15 is 0 Å². The van der Waals surface area contributed by atoms with Crippen molar-refractivity contribution in [1.29, 1.82) is 0 Å². The zero-order chi connectivity index (χ0) is 13.3. The molecule has 0 bridgehead atoms. The van der Waals surface area contributed by atoms with Gasteiger partial charge in [0, 0.05) is 37.6 Å². The molecule has 0 spiro atoms. The average molecular weight is 243 g/mol. The summed E-state index contributed by atoms with van der Waals surface area (Å²) in [5.41, 5.74) is 0.162. The second-order valence-corrected chi connectivity index (χ2v) is 5.55. The van der Waals surface area contributed by atoms with Crippen LogP contribution in [0.15, 0.2) is 0 Å². The minimum atomic E-state index is 0.135. The van der Waals surface area contributed by atoms with E-state index in [1.165, 1.54) is 0 Å². The van der Waals surface area contributed by atoms with E-state index in [-0.39, 0.29) is 17.5 Å². The first kappa shape index (κ1) is 16.4. The van der Waals surface area contributed by atoms with Crippen molar-refractivity contribution in [3.05, 3.63) is 0 Å². The van der Waals surface area contributed by atoms with Crippen LogP contribution < -0.4 is 16.0 Å². The van der Waals surface area contributed by atoms with E-state index in [1.54, 1.807) is 0 Å². The Hall–Kier alpha value is -0.610. The molecule has 0 heterocycles. The predicted octanol–water partition coefficient (Wildman–Crippen LogP) is 1.27. The minimum Gasteiger partial charge on any atom is -0.354 e. The summed E-state index contributed by atoms with van der Waals surface area (Å²) in [6.45, 7) is 13.1. The van der Waals surface area contributed by atoms with Crippen LogP contribution in [-0.2, 0) is 4.79 Å². The number of nitrogens with one attached hydrogen (secondary N) is 3. The van der Waals surface area contributed by atoms with Gasteiger partial charge in [0.15, 0.2) is 0 Å². The molecule has 0 aromatic heterocycles. The summed E-state index contributed by atoms with van der Waals surface area (Å²) < 4.78 is 0. The lowest BCUT2D eigenvalue weighted by molar-refractivity contribution is -0.121. The smallest absolute Gasteiger partial charge is 0.221 e. The number of amides is 1. The zero-order valence-corrected chi connectivity index (χ0v) is 12.0. The van der Waals surface area contributed by atoms with Gasteiger partial charge in [0.2, 0.25) is 5.91 Å². The number of hydrogen-bond donors (Lipinski definition) is 3. The van der Waals surface area contributed by atoms with Crippen LogP contribution in [0.2, 0.25) is 0 Å². The maximum absolute atomic E-state index is 11.4. The molecule has 0 fully saturated rings. The molecule has 4 nitrogen and oxygen atoms in total. The third-order valence-electron chi connectivity index (χ3n) is 2.51. The minimum absolute atomic E-state index is 0.135. The van der Waals surface area contributed by atoms with Gasteiger partial charge in [0.25, 0.3) is 0 Å². The first-order valence-electron chi connectivity index (χ1n) is 6.60. The Balaban J connectivity index is 3.37. The molecule has 0 aliphatic rings. The van der Waals surface area contributed by atoms with Gasteiger partial charge in [0.1, 0.15) is 0 Å². The van der Waals surface area contributed by atoms with Crippen LogP contribution in [0.3, 0.4) is 0 Å². The van der Waals surface area contributed by atoms with Crippen molar-refractivity contribution in [2.45, 2.75) is 59.0 Å². The number of rotatable bonds is 8. The third-order valence-corrected chi connectivity index (χ3v) is 2.51. The van der Waals surface area contributed by atoms with Crippen LogP contribution in [0.5, 0.6) is 0 Å². The monoisotopic (exact) mass is 243 g/mol. The summed E-state index contributed by atoms with van der Waals surface area (Å²) >= 11 is 0. The Morgan fingerprint density at radius 2 is 1.82 bits per heavy atom. The molecule has 0 aliphatic heterocycles. The van der Waals surface area contributed by atoms with Gasteiger partial charge in [-0.1, -0.05) is 6.92 Å². The maximum Gasteiger partial charge on any atom is 0.221 e. The molecule has 3 N–H and O–H groups in total. The fourth-order valence-electron chi connectivity index (χ4n) is 1.30. The molecular weight excluding hydrogens is 214 g/mol. The lowest BCUT2D eigenvalue weighted by Crippen LogP contribution is -2.41. The Kier molecular flexibility index (Phi) is 8.17. The second kappa shape index (κ2) is 8.48. The van der Waals surface area contributed by atoms with Crippen LogP contribution in [0.25, 0.3) is 0 Å². The van der Waals surface area contributed by atoms with Gasteiger partial charge in [-0.05, 0) is 34.1 Å². The van der Waals surface area contributed by atoms with E-state index in [4.69, 9.17) is 0 Å². The Morgan fingerprint density at radius 1 is 1.18 bits per heavy atom. The van der Waals surface area contributed by atoms with Crippen LogP contribution in [-0.4, -0.2) is 37.1 Å². The fourth-order valence-corrected chi connectivity index (χ4v) is 1.30. The highest BCUT2D eigenvalue weighted by Gasteiger charge is 2.07. The lowest BCUT2D eigenvalue weighted by atomic mass is 10.1. The van der Waals surface area contributed by atoms with Gasteiger partial charge in [0.05, 0.1) is 0 Å². The Morgan fingerprint density at radius 3 is 2.35 bits per heavy atom. The maximum atomic E-state index is 11.4. The van der Waals surface area contributed by atoms with Crippen molar-refractivity contribution in [3.63, 3.8) is 0 Å². The van der Waals surface area contributed by atoms with Crippen molar-refractivity contribution in [2.24, 2.45) is 0 Å². The largest absolute Gasteiger partial charge is 0.354 e. The molecule has 1 atom stereocenters. The topological polar surface area (TPSA) is 53.2 Å². The summed E-state index contributed by atoms with van der Waals surface area (Å²) in [6, 6.07) is 0.282. The zero-order valence-electron chi connectivity index (χ0n) is 12.0. The normalized spacial score (nSPS) is 13.5. The summed E-state index contributed by atoms with van der Waals surface area (Å²) in [5, 5.41) is 9.60. The number of carbonyl (C=O) groups is 1. The second-order valence-electron chi connectivity index (χ2n) is 5.55. The van der Waals surface area contributed by atoms with Gasteiger partial charge in [-0.25, -0.2) is 0 Å². The Labute approximate surface area is 106 Å². The first-order chi connectivity index (χ1) is 7.85. The van der Waals surface area contributed by atoms with E-state index in [0.717, 1.165) is 26.1 Å². The van der Waals surface area contributed by atoms with Gasteiger partial charge in [-0.3, -0.25) is 4.79 Å². The SMILES string of the molecule is CCC(C)NC(=O)CCNCCNC(C)(C)C. The van der Waals surface area contributed by atoms with Crippen molar-refractivity contribution in [1.82, 2.24) is 16.0 Å². The first-order valence-corrected chi connectivity index (χ1v) is 6.60. The van der Waals surface area contributed by atoms with E-state index < -0.39 is 0 Å². The molecular formula is C13H29N3O. The molecule has 0 saturated carbocycles. The van der Waals surface area contributed by atoms with E-state index in [9.17, 15) is 4.79 Å². The molecule has 1 amide bonds.